The van der Waals surface area contributed by atoms with E-state index in [0.717, 1.165) is 24.4 Å². The molecule has 0 spiro atoms. The fourth-order valence-electron chi connectivity index (χ4n) is 2.46. The van der Waals surface area contributed by atoms with Gasteiger partial charge in [0.15, 0.2) is 0 Å². The van der Waals surface area contributed by atoms with Crippen LogP contribution < -0.4 is 5.32 Å². The third-order valence-electron chi connectivity index (χ3n) is 3.57. The van der Waals surface area contributed by atoms with Crippen molar-refractivity contribution in [3.8, 4) is 0 Å². The topological polar surface area (TPSA) is 24.5 Å². The lowest BCUT2D eigenvalue weighted by atomic mass is 10.1. The molecule has 3 nitrogen and oxygen atoms in total. The SMILES string of the molecule is CN1CCOC1c1ccccc1Nc1c(Cl)cccc1Cl. The summed E-state index contributed by atoms with van der Waals surface area (Å²) in [6.45, 7) is 1.66. The molecule has 1 saturated heterocycles. The Hall–Kier alpha value is -1.26. The van der Waals surface area contributed by atoms with Gasteiger partial charge < -0.3 is 10.1 Å². The van der Waals surface area contributed by atoms with Crippen LogP contribution in [0.2, 0.25) is 10.0 Å². The summed E-state index contributed by atoms with van der Waals surface area (Å²) < 4.78 is 5.81. The zero-order valence-electron chi connectivity index (χ0n) is 11.6. The molecule has 0 aliphatic carbocycles. The number of para-hydroxylation sites is 2. The summed E-state index contributed by atoms with van der Waals surface area (Å²) in [6, 6.07) is 13.5. The number of hydrogen-bond acceptors (Lipinski definition) is 3. The number of halogens is 2. The molecule has 21 heavy (non-hydrogen) atoms. The first-order chi connectivity index (χ1) is 10.2. The number of likely N-dealkylation sites (N-methyl/N-ethyl adjacent to an activating group) is 1. The molecule has 110 valence electrons. The maximum atomic E-state index is 6.23. The minimum Gasteiger partial charge on any atom is -0.357 e. The maximum Gasteiger partial charge on any atom is 0.138 e. The molecule has 1 atom stereocenters. The third-order valence-corrected chi connectivity index (χ3v) is 4.20. The molecule has 5 heteroatoms. The van der Waals surface area contributed by atoms with E-state index in [-0.39, 0.29) is 6.23 Å². The van der Waals surface area contributed by atoms with Gasteiger partial charge in [-0.05, 0) is 25.2 Å². The summed E-state index contributed by atoms with van der Waals surface area (Å²) in [7, 11) is 2.05. The van der Waals surface area contributed by atoms with Crippen LogP contribution in [0.1, 0.15) is 11.8 Å². The van der Waals surface area contributed by atoms with Crippen molar-refractivity contribution < 1.29 is 4.74 Å². The van der Waals surface area contributed by atoms with Gasteiger partial charge in [-0.15, -0.1) is 0 Å². The van der Waals surface area contributed by atoms with Crippen LogP contribution in [0.4, 0.5) is 11.4 Å². The Labute approximate surface area is 134 Å². The Bertz CT molecular complexity index is 628. The summed E-state index contributed by atoms with van der Waals surface area (Å²) in [5.74, 6) is 0. The molecule has 1 fully saturated rings. The second kappa shape index (κ2) is 6.24. The minimum atomic E-state index is -0.0463. The van der Waals surface area contributed by atoms with Gasteiger partial charge in [0.25, 0.3) is 0 Å². The van der Waals surface area contributed by atoms with Crippen LogP contribution in [0, 0.1) is 0 Å². The van der Waals surface area contributed by atoms with Crippen molar-refractivity contribution in [2.45, 2.75) is 6.23 Å². The number of hydrogen-bond donors (Lipinski definition) is 1. The first kappa shape index (κ1) is 14.7. The van der Waals surface area contributed by atoms with Crippen LogP contribution in [0.15, 0.2) is 42.5 Å². The van der Waals surface area contributed by atoms with Gasteiger partial charge in [0.1, 0.15) is 6.23 Å². The number of benzene rings is 2. The van der Waals surface area contributed by atoms with Crippen molar-refractivity contribution in [3.63, 3.8) is 0 Å². The number of rotatable bonds is 3. The highest BCUT2D eigenvalue weighted by molar-refractivity contribution is 6.39. The Morgan fingerprint density at radius 2 is 1.81 bits per heavy atom. The van der Waals surface area contributed by atoms with Crippen LogP contribution in [-0.2, 0) is 4.74 Å². The fourth-order valence-corrected chi connectivity index (χ4v) is 2.95. The highest BCUT2D eigenvalue weighted by Crippen LogP contribution is 2.36. The van der Waals surface area contributed by atoms with Crippen molar-refractivity contribution in [1.29, 1.82) is 0 Å². The number of nitrogens with zero attached hydrogens (tertiary/aromatic N) is 1. The molecule has 2 aromatic rings. The molecule has 1 unspecified atom stereocenters. The zero-order chi connectivity index (χ0) is 14.8. The van der Waals surface area contributed by atoms with E-state index >= 15 is 0 Å². The smallest absolute Gasteiger partial charge is 0.138 e. The standard InChI is InChI=1S/C16H16Cl2N2O/c1-20-9-10-21-16(20)11-5-2-3-8-14(11)19-15-12(17)6-4-7-13(15)18/h2-8,16,19H,9-10H2,1H3. The summed E-state index contributed by atoms with van der Waals surface area (Å²) in [5, 5.41) is 4.53. The summed E-state index contributed by atoms with van der Waals surface area (Å²) >= 11 is 12.5. The third kappa shape index (κ3) is 3.01. The van der Waals surface area contributed by atoms with Gasteiger partial charge in [0, 0.05) is 17.8 Å². The van der Waals surface area contributed by atoms with E-state index in [9.17, 15) is 0 Å². The number of anilines is 2. The van der Waals surface area contributed by atoms with Crippen LogP contribution in [0.3, 0.4) is 0 Å². The van der Waals surface area contributed by atoms with Gasteiger partial charge in [0.2, 0.25) is 0 Å². The second-order valence-electron chi connectivity index (χ2n) is 5.01. The van der Waals surface area contributed by atoms with E-state index in [0.29, 0.717) is 15.7 Å². The fraction of sp³-hybridized carbons (Fsp3) is 0.250. The van der Waals surface area contributed by atoms with Crippen molar-refractivity contribution in [3.05, 3.63) is 58.1 Å². The van der Waals surface area contributed by atoms with Crippen LogP contribution in [0.5, 0.6) is 0 Å². The van der Waals surface area contributed by atoms with Crippen molar-refractivity contribution in [2.24, 2.45) is 0 Å². The van der Waals surface area contributed by atoms with E-state index in [1.165, 1.54) is 0 Å². The lowest BCUT2D eigenvalue weighted by Gasteiger charge is -2.22. The van der Waals surface area contributed by atoms with Gasteiger partial charge in [-0.2, -0.15) is 0 Å². The number of ether oxygens (including phenoxy) is 1. The molecular formula is C16H16Cl2N2O. The predicted octanol–water partition coefficient (Wildman–Crippen LogP) is 4.70. The molecule has 0 bridgehead atoms. The average Bonchev–Trinajstić information content (AvgIpc) is 2.90. The number of nitrogens with one attached hydrogen (secondary N) is 1. The molecule has 0 aromatic heterocycles. The maximum absolute atomic E-state index is 6.23. The zero-order valence-corrected chi connectivity index (χ0v) is 13.2. The van der Waals surface area contributed by atoms with E-state index in [2.05, 4.69) is 23.3 Å². The molecular weight excluding hydrogens is 307 g/mol. The van der Waals surface area contributed by atoms with E-state index in [1.807, 2.05) is 36.4 Å². The average molecular weight is 323 g/mol. The lowest BCUT2D eigenvalue weighted by molar-refractivity contribution is 0.0459. The molecule has 1 aliphatic heterocycles. The second-order valence-corrected chi connectivity index (χ2v) is 5.83. The molecule has 0 amide bonds. The van der Waals surface area contributed by atoms with Gasteiger partial charge in [-0.1, -0.05) is 47.5 Å². The Morgan fingerprint density at radius 1 is 1.10 bits per heavy atom. The lowest BCUT2D eigenvalue weighted by Crippen LogP contribution is -2.19. The van der Waals surface area contributed by atoms with Gasteiger partial charge in [-0.3, -0.25) is 4.90 Å². The van der Waals surface area contributed by atoms with Gasteiger partial charge in [-0.25, -0.2) is 0 Å². The summed E-state index contributed by atoms with van der Waals surface area (Å²) in [4.78, 5) is 2.18. The monoisotopic (exact) mass is 322 g/mol. The molecule has 0 radical (unpaired) electrons. The van der Waals surface area contributed by atoms with E-state index in [1.54, 1.807) is 0 Å². The quantitative estimate of drug-likeness (QED) is 0.886. The predicted molar refractivity (Wildman–Crippen MR) is 87.5 cm³/mol. The van der Waals surface area contributed by atoms with Crippen LogP contribution in [-0.4, -0.2) is 25.1 Å². The Morgan fingerprint density at radius 3 is 2.48 bits per heavy atom. The highest BCUT2D eigenvalue weighted by Gasteiger charge is 2.25. The van der Waals surface area contributed by atoms with E-state index in [4.69, 9.17) is 27.9 Å². The van der Waals surface area contributed by atoms with Gasteiger partial charge in [0.05, 0.1) is 22.3 Å². The first-order valence-electron chi connectivity index (χ1n) is 6.78. The van der Waals surface area contributed by atoms with Gasteiger partial charge >= 0.3 is 0 Å². The summed E-state index contributed by atoms with van der Waals surface area (Å²) in [6.07, 6.45) is -0.0463. The normalized spacial score (nSPS) is 18.9. The highest BCUT2D eigenvalue weighted by atomic mass is 35.5. The van der Waals surface area contributed by atoms with Crippen molar-refractivity contribution >= 4 is 34.6 Å². The molecule has 1 heterocycles. The summed E-state index contributed by atoms with van der Waals surface area (Å²) in [5.41, 5.74) is 2.74. The molecule has 1 aliphatic rings. The van der Waals surface area contributed by atoms with Crippen LogP contribution >= 0.6 is 23.2 Å². The molecule has 1 N–H and O–H groups in total. The molecule has 2 aromatic carbocycles. The van der Waals surface area contributed by atoms with Crippen molar-refractivity contribution in [1.82, 2.24) is 4.90 Å². The largest absolute Gasteiger partial charge is 0.357 e. The van der Waals surface area contributed by atoms with Crippen LogP contribution in [0.25, 0.3) is 0 Å². The molecule has 3 rings (SSSR count). The van der Waals surface area contributed by atoms with E-state index < -0.39 is 0 Å². The minimum absolute atomic E-state index is 0.0463. The van der Waals surface area contributed by atoms with Crippen molar-refractivity contribution in [2.75, 3.05) is 25.5 Å². The Kier molecular flexibility index (Phi) is 4.36. The first-order valence-corrected chi connectivity index (χ1v) is 7.54. The Balaban J connectivity index is 1.96. The molecule has 0 saturated carbocycles.